The van der Waals surface area contributed by atoms with Crippen molar-refractivity contribution in [3.05, 3.63) is 89.0 Å². The normalized spacial score (nSPS) is 12.9. The summed E-state index contributed by atoms with van der Waals surface area (Å²) >= 11 is 0. The summed E-state index contributed by atoms with van der Waals surface area (Å²) in [6.45, 7) is 0. The van der Waals surface area contributed by atoms with Gasteiger partial charge < -0.3 is 20.7 Å². The summed E-state index contributed by atoms with van der Waals surface area (Å²) < 4.78 is 145. The summed E-state index contributed by atoms with van der Waals surface area (Å²) in [6.07, 6.45) is 0. The van der Waals surface area contributed by atoms with E-state index in [1.54, 1.807) is 0 Å². The van der Waals surface area contributed by atoms with E-state index in [4.69, 9.17) is 10.5 Å². The number of nitrogen functional groups attached to an aromatic ring is 1. The molecule has 6 aromatic rings. The lowest BCUT2D eigenvalue weighted by Gasteiger charge is -2.13. The maximum absolute atomic E-state index is 12.8. The number of nitrogens with two attached hydrogens (primary N) is 1. The van der Waals surface area contributed by atoms with Crippen molar-refractivity contribution >= 4 is 108 Å². The molecular formula is C33H24N8O17S4. The van der Waals surface area contributed by atoms with E-state index in [2.05, 4.69) is 30.7 Å². The van der Waals surface area contributed by atoms with Gasteiger partial charge in [0.2, 0.25) is 0 Å². The Morgan fingerprint density at radius 2 is 1.11 bits per heavy atom. The zero-order chi connectivity index (χ0) is 45.7. The van der Waals surface area contributed by atoms with Gasteiger partial charge in [-0.05, 0) is 60.7 Å². The number of hydrogen-bond acceptors (Lipinski definition) is 20. The predicted molar refractivity (Wildman–Crippen MR) is 214 cm³/mol. The molecule has 6 aromatic carbocycles. The minimum atomic E-state index is -5.48. The Hall–Kier alpha value is -7.12. The van der Waals surface area contributed by atoms with Crippen molar-refractivity contribution in [3.8, 4) is 17.2 Å². The van der Waals surface area contributed by atoms with Crippen molar-refractivity contribution < 1.29 is 71.8 Å². The van der Waals surface area contributed by atoms with E-state index in [0.717, 1.165) is 36.4 Å². The molecule has 0 unspecified atom stereocenters. The molecule has 0 bridgehead atoms. The highest BCUT2D eigenvalue weighted by molar-refractivity contribution is 7.87. The number of aromatic hydroxyl groups is 2. The molecule has 0 aliphatic heterocycles. The van der Waals surface area contributed by atoms with Crippen molar-refractivity contribution in [2.45, 2.75) is 19.6 Å². The first-order chi connectivity index (χ1) is 28.8. The first-order valence-corrected chi connectivity index (χ1v) is 22.1. The Morgan fingerprint density at radius 1 is 0.565 bits per heavy atom. The van der Waals surface area contributed by atoms with Crippen molar-refractivity contribution in [2.24, 2.45) is 30.7 Å². The second kappa shape index (κ2) is 16.1. The van der Waals surface area contributed by atoms with Crippen molar-refractivity contribution in [1.29, 1.82) is 0 Å². The number of benzene rings is 6. The number of rotatable bonds is 12. The molecule has 0 heterocycles. The van der Waals surface area contributed by atoms with Crippen LogP contribution in [0.15, 0.2) is 129 Å². The second-order valence-corrected chi connectivity index (χ2v) is 17.9. The Kier molecular flexibility index (Phi) is 11.5. The van der Waals surface area contributed by atoms with E-state index in [1.165, 1.54) is 31.4 Å². The Labute approximate surface area is 347 Å². The number of ether oxygens (including phenoxy) is 1. The largest absolute Gasteiger partial charge is 0.505 e. The fourth-order valence-corrected chi connectivity index (χ4v) is 8.57. The molecule has 0 aliphatic rings. The fourth-order valence-electron chi connectivity index (χ4n) is 5.75. The summed E-state index contributed by atoms with van der Waals surface area (Å²) in [7, 11) is -19.8. The molecule has 0 saturated carbocycles. The fraction of sp³-hybridized carbons (Fsp3) is 0.0303. The van der Waals surface area contributed by atoms with Gasteiger partial charge in [-0.25, -0.2) is 0 Å². The van der Waals surface area contributed by atoms with Gasteiger partial charge in [0.25, 0.3) is 46.2 Å². The van der Waals surface area contributed by atoms with Crippen molar-refractivity contribution in [1.82, 2.24) is 0 Å². The number of anilines is 1. The van der Waals surface area contributed by atoms with Gasteiger partial charge in [0.1, 0.15) is 53.8 Å². The highest BCUT2D eigenvalue weighted by atomic mass is 32.2. The van der Waals surface area contributed by atoms with Crippen LogP contribution in [0.2, 0.25) is 0 Å². The van der Waals surface area contributed by atoms with E-state index < -0.39 is 138 Å². The topological polar surface area (TPSA) is 410 Å². The average Bonchev–Trinajstić information content (AvgIpc) is 3.18. The van der Waals surface area contributed by atoms with Gasteiger partial charge in [-0.1, -0.05) is 6.07 Å². The van der Waals surface area contributed by atoms with Crippen LogP contribution in [0.5, 0.6) is 17.2 Å². The molecule has 25 nitrogen and oxygen atoms in total. The van der Waals surface area contributed by atoms with Gasteiger partial charge in [0, 0.05) is 28.3 Å². The average molecular weight is 933 g/mol. The zero-order valence-electron chi connectivity index (χ0n) is 30.5. The van der Waals surface area contributed by atoms with Crippen LogP contribution in [0.1, 0.15) is 0 Å². The number of fused-ring (bicyclic) bond motifs is 2. The Bertz CT molecular complexity index is 3450. The number of nitrogens with zero attached hydrogens (tertiary/aromatic N) is 7. The summed E-state index contributed by atoms with van der Waals surface area (Å²) in [5.74, 6) is -1.60. The lowest BCUT2D eigenvalue weighted by atomic mass is 10.1. The van der Waals surface area contributed by atoms with Crippen LogP contribution in [-0.2, 0) is 40.5 Å². The third-order valence-electron chi connectivity index (χ3n) is 8.51. The molecule has 0 aromatic heterocycles. The van der Waals surface area contributed by atoms with Crippen molar-refractivity contribution in [3.63, 3.8) is 0 Å². The van der Waals surface area contributed by atoms with Gasteiger partial charge in [-0.3, -0.25) is 28.3 Å². The third-order valence-corrected chi connectivity index (χ3v) is 12.1. The summed E-state index contributed by atoms with van der Waals surface area (Å²) in [4.78, 5) is 5.78. The van der Waals surface area contributed by atoms with Crippen molar-refractivity contribution in [2.75, 3.05) is 12.8 Å². The summed E-state index contributed by atoms with van der Waals surface area (Å²) in [5.41, 5.74) is 1.39. The molecule has 322 valence electrons. The minimum Gasteiger partial charge on any atom is -0.505 e. The molecule has 0 atom stereocenters. The van der Waals surface area contributed by atoms with Gasteiger partial charge in [0.15, 0.2) is 11.5 Å². The maximum Gasteiger partial charge on any atom is 0.297 e. The van der Waals surface area contributed by atoms with Crippen LogP contribution in [0, 0.1) is 10.1 Å². The number of nitro benzene ring substituents is 1. The molecule has 0 aliphatic carbocycles. The summed E-state index contributed by atoms with van der Waals surface area (Å²) in [5, 5.41) is 53.5. The van der Waals surface area contributed by atoms with Crippen LogP contribution in [0.3, 0.4) is 0 Å². The van der Waals surface area contributed by atoms with Gasteiger partial charge in [-0.2, -0.15) is 38.8 Å². The quantitative estimate of drug-likeness (QED) is 0.0211. The van der Waals surface area contributed by atoms with Crippen LogP contribution in [0.4, 0.5) is 45.5 Å². The van der Waals surface area contributed by atoms with E-state index in [1.807, 2.05) is 0 Å². The number of methoxy groups -OCH3 is 1. The standard InChI is InChI=1S/C33H24N8O17S4/c1-58-17-5-2-15(3-6-17)35-40-30-27(61(52,53)54)13-20-18(31(30)42)7-11-23(33(20)62(55,56)57)38-39-24-14-25(59(46,47)48)19-8-10-22(32(43)28(19)29(24)34)37-36-21-9-4-16(41(44)45)12-26(21)60(49,50)51/h2-14,42-43H,34H2,1H3,(H,46,47,48)(H,49,50,51)(H,52,53,54)(H,55,56,57). The van der Waals surface area contributed by atoms with E-state index in [-0.39, 0.29) is 5.69 Å². The first-order valence-electron chi connectivity index (χ1n) is 16.3. The second-order valence-electron chi connectivity index (χ2n) is 12.4. The monoisotopic (exact) mass is 932 g/mol. The number of phenolic OH excluding ortho intramolecular Hbond substituents is 2. The molecule has 0 fully saturated rings. The van der Waals surface area contributed by atoms with E-state index in [9.17, 15) is 72.2 Å². The van der Waals surface area contributed by atoms with E-state index >= 15 is 0 Å². The summed E-state index contributed by atoms with van der Waals surface area (Å²) in [6, 6.07) is 12.8. The van der Waals surface area contributed by atoms with Crippen LogP contribution in [-0.4, -0.2) is 74.1 Å². The minimum absolute atomic E-state index is 0.122. The number of hydrogen-bond donors (Lipinski definition) is 7. The molecule has 0 saturated heterocycles. The van der Waals surface area contributed by atoms with E-state index in [0.29, 0.717) is 23.9 Å². The van der Waals surface area contributed by atoms with Gasteiger partial charge in [0.05, 0.1) is 28.8 Å². The third kappa shape index (κ3) is 8.84. The molecule has 8 N–H and O–H groups in total. The van der Waals surface area contributed by atoms with Gasteiger partial charge >= 0.3 is 0 Å². The van der Waals surface area contributed by atoms with Crippen LogP contribution >= 0.6 is 0 Å². The zero-order valence-corrected chi connectivity index (χ0v) is 33.8. The predicted octanol–water partition coefficient (Wildman–Crippen LogP) is 7.14. The number of phenols is 2. The lowest BCUT2D eigenvalue weighted by molar-refractivity contribution is -0.385. The molecular weight excluding hydrogens is 909 g/mol. The first kappa shape index (κ1) is 44.4. The van der Waals surface area contributed by atoms with Gasteiger partial charge in [-0.15, -0.1) is 25.6 Å². The smallest absolute Gasteiger partial charge is 0.297 e. The highest BCUT2D eigenvalue weighted by Gasteiger charge is 2.29. The molecule has 29 heteroatoms. The molecule has 62 heavy (non-hydrogen) atoms. The number of azo groups is 3. The molecule has 0 amide bonds. The SMILES string of the molecule is COc1ccc(N=Nc2c(S(=O)(=O)O)cc3c(S(=O)(=O)O)c(N=Nc4cc(S(=O)(=O)O)c5ccc(N=Nc6ccc([N+](=O)[O-])cc6S(=O)(=O)O)c(O)c5c4N)ccc3c2O)cc1. The van der Waals surface area contributed by atoms with Crippen LogP contribution in [0.25, 0.3) is 21.5 Å². The maximum atomic E-state index is 12.8. The molecule has 0 spiro atoms. The molecule has 0 radical (unpaired) electrons. The highest BCUT2D eigenvalue weighted by Crippen LogP contribution is 2.48. The molecule has 6 rings (SSSR count). The number of non-ortho nitro benzene ring substituents is 1. The Balaban J connectivity index is 1.52. The Morgan fingerprint density at radius 3 is 1.69 bits per heavy atom. The van der Waals surface area contributed by atoms with Crippen LogP contribution < -0.4 is 10.5 Å². The lowest BCUT2D eigenvalue weighted by Crippen LogP contribution is -2.03. The number of nitro groups is 1.